The molecule has 2 amide bonds. The number of imidazole rings is 1. The molecule has 6 nitrogen and oxygen atoms in total. The van der Waals surface area contributed by atoms with Crippen molar-refractivity contribution in [3.63, 3.8) is 0 Å². The highest BCUT2D eigenvalue weighted by Crippen LogP contribution is 2.31. The van der Waals surface area contributed by atoms with Crippen LogP contribution >= 0.6 is 11.3 Å². The third kappa shape index (κ3) is 3.27. The van der Waals surface area contributed by atoms with E-state index in [0.717, 1.165) is 12.1 Å². The van der Waals surface area contributed by atoms with Crippen LogP contribution in [-0.4, -0.2) is 33.8 Å². The highest BCUT2D eigenvalue weighted by molar-refractivity contribution is 7.15. The van der Waals surface area contributed by atoms with E-state index in [2.05, 4.69) is 15.6 Å². The van der Waals surface area contributed by atoms with E-state index >= 15 is 0 Å². The van der Waals surface area contributed by atoms with Crippen molar-refractivity contribution in [2.45, 2.75) is 18.6 Å². The Morgan fingerprint density at radius 1 is 1.30 bits per heavy atom. The van der Waals surface area contributed by atoms with Gasteiger partial charge in [-0.05, 0) is 18.6 Å². The summed E-state index contributed by atoms with van der Waals surface area (Å²) in [6.45, 7) is 0.520. The van der Waals surface area contributed by atoms with E-state index in [1.54, 1.807) is 16.0 Å². The lowest BCUT2D eigenvalue weighted by atomic mass is 10.1. The van der Waals surface area contributed by atoms with Gasteiger partial charge in [-0.3, -0.25) is 14.0 Å². The third-order valence-electron chi connectivity index (χ3n) is 4.30. The van der Waals surface area contributed by atoms with Crippen molar-refractivity contribution in [2.75, 3.05) is 6.54 Å². The molecule has 0 spiro atoms. The molecule has 0 aliphatic carbocycles. The van der Waals surface area contributed by atoms with E-state index in [4.69, 9.17) is 0 Å². The fraction of sp³-hybridized carbons (Fsp3) is 0.235. The average molecular weight is 394 g/mol. The van der Waals surface area contributed by atoms with Gasteiger partial charge < -0.3 is 10.6 Å². The fourth-order valence-electron chi connectivity index (χ4n) is 2.88. The van der Waals surface area contributed by atoms with E-state index in [1.807, 2.05) is 0 Å². The van der Waals surface area contributed by atoms with Gasteiger partial charge in [0.05, 0.1) is 11.3 Å². The second-order valence-electron chi connectivity index (χ2n) is 6.08. The lowest BCUT2D eigenvalue weighted by molar-refractivity contribution is -0.137. The quantitative estimate of drug-likeness (QED) is 0.717. The van der Waals surface area contributed by atoms with Gasteiger partial charge in [0.2, 0.25) is 5.91 Å². The molecule has 1 saturated heterocycles. The Bertz CT molecular complexity index is 1020. The maximum absolute atomic E-state index is 12.7. The molecule has 1 aliphatic heterocycles. The summed E-state index contributed by atoms with van der Waals surface area (Å²) in [5.74, 6) is -0.620. The molecular weight excluding hydrogens is 381 g/mol. The van der Waals surface area contributed by atoms with Gasteiger partial charge in [-0.15, -0.1) is 11.3 Å². The number of rotatable bonds is 3. The Hall–Kier alpha value is -2.88. The number of halogens is 3. The molecule has 1 aromatic carbocycles. The van der Waals surface area contributed by atoms with Crippen molar-refractivity contribution in [2.24, 2.45) is 0 Å². The summed E-state index contributed by atoms with van der Waals surface area (Å²) in [7, 11) is 0. The van der Waals surface area contributed by atoms with Crippen molar-refractivity contribution in [1.82, 2.24) is 20.0 Å². The maximum atomic E-state index is 12.7. The number of aromatic nitrogens is 2. The minimum atomic E-state index is -4.40. The van der Waals surface area contributed by atoms with E-state index in [-0.39, 0.29) is 5.91 Å². The summed E-state index contributed by atoms with van der Waals surface area (Å²) >= 11 is 1.23. The van der Waals surface area contributed by atoms with Crippen molar-refractivity contribution < 1.29 is 22.8 Å². The van der Waals surface area contributed by atoms with Gasteiger partial charge in [0.25, 0.3) is 5.91 Å². The molecule has 2 N–H and O–H groups in total. The molecule has 3 heterocycles. The number of amides is 2. The van der Waals surface area contributed by atoms with Crippen LogP contribution in [-0.2, 0) is 11.0 Å². The second-order valence-corrected chi connectivity index (χ2v) is 6.92. The molecule has 0 radical (unpaired) electrons. The molecule has 3 aromatic rings. The van der Waals surface area contributed by atoms with Crippen LogP contribution in [0.1, 0.15) is 22.5 Å². The van der Waals surface area contributed by atoms with E-state index in [1.165, 1.54) is 23.5 Å². The smallest absolute Gasteiger partial charge is 0.354 e. The van der Waals surface area contributed by atoms with E-state index < -0.39 is 23.7 Å². The molecule has 27 heavy (non-hydrogen) atoms. The molecule has 140 valence electrons. The number of alkyl halides is 3. The first-order valence-electron chi connectivity index (χ1n) is 8.06. The highest BCUT2D eigenvalue weighted by Gasteiger charge is 2.30. The molecule has 4 rings (SSSR count). The zero-order valence-corrected chi connectivity index (χ0v) is 14.5. The zero-order chi connectivity index (χ0) is 19.2. The van der Waals surface area contributed by atoms with Crippen molar-refractivity contribution in [1.29, 1.82) is 0 Å². The molecule has 0 saturated carbocycles. The lowest BCUT2D eigenvalue weighted by Crippen LogP contribution is -2.40. The highest BCUT2D eigenvalue weighted by atomic mass is 32.1. The molecular formula is C17H13F3N4O2S. The monoisotopic (exact) mass is 394 g/mol. The number of nitrogens with zero attached hydrogens (tertiary/aromatic N) is 2. The largest absolute Gasteiger partial charge is 0.416 e. The topological polar surface area (TPSA) is 75.5 Å². The van der Waals surface area contributed by atoms with Crippen LogP contribution in [0.2, 0.25) is 0 Å². The van der Waals surface area contributed by atoms with Gasteiger partial charge in [0.15, 0.2) is 4.96 Å². The van der Waals surface area contributed by atoms with Crippen molar-refractivity contribution >= 4 is 28.1 Å². The number of thiazole rings is 1. The van der Waals surface area contributed by atoms with Gasteiger partial charge in [-0.25, -0.2) is 4.98 Å². The fourth-order valence-corrected chi connectivity index (χ4v) is 3.73. The SMILES string of the molecule is O=C(N[C@H]1CCNC1=O)c1csc2nc(-c3ccc(C(F)(F)F)cc3)cn12. The standard InChI is InChI=1S/C17H13F3N4O2S/c18-17(19,20)10-3-1-9(2-4-10)12-7-24-13(8-27-16(24)23-12)15(26)22-11-5-6-21-14(11)25/h1-4,7-8,11H,5-6H2,(H,21,25)(H,22,26)/t11-/m0/s1. The molecule has 1 atom stereocenters. The number of nitrogens with one attached hydrogen (secondary N) is 2. The van der Waals surface area contributed by atoms with Gasteiger partial charge in [-0.2, -0.15) is 13.2 Å². The summed E-state index contributed by atoms with van der Waals surface area (Å²) in [6, 6.07) is 4.12. The summed E-state index contributed by atoms with van der Waals surface area (Å²) in [4.78, 5) is 29.0. The number of fused-ring (bicyclic) bond motifs is 1. The number of carbonyl (C=O) groups excluding carboxylic acids is 2. The van der Waals surface area contributed by atoms with Gasteiger partial charge in [0.1, 0.15) is 11.7 Å². The van der Waals surface area contributed by atoms with Gasteiger partial charge >= 0.3 is 6.18 Å². The maximum Gasteiger partial charge on any atom is 0.416 e. The Kier molecular flexibility index (Phi) is 4.14. The van der Waals surface area contributed by atoms with Crippen molar-refractivity contribution in [3.8, 4) is 11.3 Å². The molecule has 0 unspecified atom stereocenters. The molecule has 10 heteroatoms. The van der Waals surface area contributed by atoms with Crippen LogP contribution in [0.5, 0.6) is 0 Å². The predicted molar refractivity (Wildman–Crippen MR) is 92.4 cm³/mol. The zero-order valence-electron chi connectivity index (χ0n) is 13.7. The number of benzene rings is 1. The predicted octanol–water partition coefficient (Wildman–Crippen LogP) is 2.70. The first-order valence-corrected chi connectivity index (χ1v) is 8.94. The average Bonchev–Trinajstić information content (AvgIpc) is 3.30. The molecule has 1 fully saturated rings. The van der Waals surface area contributed by atoms with Crippen LogP contribution in [0.25, 0.3) is 16.2 Å². The first-order chi connectivity index (χ1) is 12.8. The summed E-state index contributed by atoms with van der Waals surface area (Å²) in [5, 5.41) is 6.95. The van der Waals surface area contributed by atoms with E-state index in [0.29, 0.717) is 34.9 Å². The van der Waals surface area contributed by atoms with Crippen LogP contribution in [0.4, 0.5) is 13.2 Å². The second kappa shape index (κ2) is 6.38. The van der Waals surface area contributed by atoms with Gasteiger partial charge in [-0.1, -0.05) is 12.1 Å². The molecule has 0 bridgehead atoms. The third-order valence-corrected chi connectivity index (χ3v) is 5.14. The summed E-state index contributed by atoms with van der Waals surface area (Å²) in [5.41, 5.74) is 0.561. The van der Waals surface area contributed by atoms with Crippen LogP contribution < -0.4 is 10.6 Å². The van der Waals surface area contributed by atoms with Crippen LogP contribution in [0.3, 0.4) is 0 Å². The Morgan fingerprint density at radius 3 is 2.67 bits per heavy atom. The Labute approximate surface area is 155 Å². The number of carbonyl (C=O) groups is 2. The normalized spacial score (nSPS) is 17.3. The minimum Gasteiger partial charge on any atom is -0.354 e. The first kappa shape index (κ1) is 17.5. The Balaban J connectivity index is 1.60. The van der Waals surface area contributed by atoms with Crippen molar-refractivity contribution in [3.05, 3.63) is 47.1 Å². The number of hydrogen-bond donors (Lipinski definition) is 2. The van der Waals surface area contributed by atoms with Gasteiger partial charge in [0, 0.05) is 23.7 Å². The van der Waals surface area contributed by atoms with Crippen LogP contribution in [0, 0.1) is 0 Å². The molecule has 2 aromatic heterocycles. The lowest BCUT2D eigenvalue weighted by Gasteiger charge is -2.09. The minimum absolute atomic E-state index is 0.217. The summed E-state index contributed by atoms with van der Waals surface area (Å²) < 4.78 is 39.6. The van der Waals surface area contributed by atoms with Crippen LogP contribution in [0.15, 0.2) is 35.8 Å². The molecule has 1 aliphatic rings. The Morgan fingerprint density at radius 2 is 2.04 bits per heavy atom. The number of hydrogen-bond acceptors (Lipinski definition) is 4. The summed E-state index contributed by atoms with van der Waals surface area (Å²) in [6.07, 6.45) is -2.28. The van der Waals surface area contributed by atoms with E-state index in [9.17, 15) is 22.8 Å².